The van der Waals surface area contributed by atoms with Crippen molar-refractivity contribution in [3.05, 3.63) is 99.4 Å². The van der Waals surface area contributed by atoms with Gasteiger partial charge in [0.05, 0.1) is 16.6 Å². The highest BCUT2D eigenvalue weighted by atomic mass is 35.5. The number of carbonyl (C=O) groups excluding carboxylic acids is 1. The fourth-order valence-electron chi connectivity index (χ4n) is 3.56. The minimum absolute atomic E-state index is 0.0946. The lowest BCUT2D eigenvalue weighted by Gasteiger charge is -2.20. The molecule has 0 radical (unpaired) electrons. The van der Waals surface area contributed by atoms with Gasteiger partial charge in [-0.2, -0.15) is 0 Å². The lowest BCUT2D eigenvalue weighted by Crippen LogP contribution is -2.23. The number of nitrogens with zero attached hydrogens (tertiary/aromatic N) is 1. The zero-order chi connectivity index (χ0) is 21.3. The smallest absolute Gasteiger partial charge is 0.259 e. The number of benzene rings is 3. The van der Waals surface area contributed by atoms with E-state index in [0.717, 1.165) is 0 Å². The van der Waals surface area contributed by atoms with Crippen molar-refractivity contribution in [2.45, 2.75) is 13.5 Å². The van der Waals surface area contributed by atoms with Gasteiger partial charge in [0, 0.05) is 17.0 Å². The third-order valence-corrected chi connectivity index (χ3v) is 5.22. The summed E-state index contributed by atoms with van der Waals surface area (Å²) in [6, 6.07) is 19.8. The van der Waals surface area contributed by atoms with Crippen LogP contribution in [0.1, 0.15) is 17.3 Å². The topological polar surface area (TPSA) is 51.1 Å². The molecule has 0 unspecified atom stereocenters. The fourth-order valence-corrected chi connectivity index (χ4v) is 3.69. The maximum absolute atomic E-state index is 14.2. The van der Waals surface area contributed by atoms with Gasteiger partial charge < -0.3 is 9.88 Å². The van der Waals surface area contributed by atoms with E-state index in [9.17, 15) is 14.0 Å². The van der Waals surface area contributed by atoms with E-state index < -0.39 is 11.7 Å². The highest BCUT2D eigenvalue weighted by molar-refractivity contribution is 6.30. The monoisotopic (exact) mass is 420 g/mol. The Labute approximate surface area is 177 Å². The summed E-state index contributed by atoms with van der Waals surface area (Å²) in [6.07, 6.45) is 0. The molecule has 0 aliphatic heterocycles. The van der Waals surface area contributed by atoms with Crippen LogP contribution in [0.4, 0.5) is 10.2 Å². The Hall–Kier alpha value is -3.44. The second kappa shape index (κ2) is 8.13. The molecule has 1 heterocycles. The third-order valence-electron chi connectivity index (χ3n) is 4.97. The molecule has 150 valence electrons. The molecule has 3 aromatic carbocycles. The molecule has 0 bridgehead atoms. The number of aryl methyl sites for hydroxylation is 1. The maximum Gasteiger partial charge on any atom is 0.259 e. The van der Waals surface area contributed by atoms with Crippen molar-refractivity contribution in [3.63, 3.8) is 0 Å². The van der Waals surface area contributed by atoms with Crippen LogP contribution in [0, 0.1) is 5.82 Å². The van der Waals surface area contributed by atoms with Crippen LogP contribution < -0.4 is 10.7 Å². The first-order chi connectivity index (χ1) is 14.5. The van der Waals surface area contributed by atoms with Crippen molar-refractivity contribution in [2.75, 3.05) is 5.32 Å². The fraction of sp³-hybridized carbons (Fsp3) is 0.0833. The molecule has 1 amide bonds. The Kier molecular flexibility index (Phi) is 5.38. The summed E-state index contributed by atoms with van der Waals surface area (Å²) in [5.74, 6) is -0.939. The Balaban J connectivity index is 2.00. The molecule has 30 heavy (non-hydrogen) atoms. The first-order valence-electron chi connectivity index (χ1n) is 9.48. The number of hydrogen-bond acceptors (Lipinski definition) is 2. The molecule has 0 aliphatic rings. The van der Waals surface area contributed by atoms with Crippen molar-refractivity contribution in [3.8, 4) is 11.1 Å². The lowest BCUT2D eigenvalue weighted by atomic mass is 10.0. The predicted octanol–water partition coefficient (Wildman–Crippen LogP) is 5.73. The van der Waals surface area contributed by atoms with E-state index in [0.29, 0.717) is 39.4 Å². The summed E-state index contributed by atoms with van der Waals surface area (Å²) in [4.78, 5) is 26.3. The van der Waals surface area contributed by atoms with Gasteiger partial charge in [-0.3, -0.25) is 9.59 Å². The number of pyridine rings is 1. The highest BCUT2D eigenvalue weighted by Gasteiger charge is 2.21. The zero-order valence-electron chi connectivity index (χ0n) is 16.2. The molecule has 4 rings (SSSR count). The molecule has 4 nitrogen and oxygen atoms in total. The predicted molar refractivity (Wildman–Crippen MR) is 119 cm³/mol. The number of fused-ring (bicyclic) bond motifs is 1. The average Bonchev–Trinajstić information content (AvgIpc) is 2.75. The van der Waals surface area contributed by atoms with Crippen molar-refractivity contribution in [2.24, 2.45) is 0 Å². The molecule has 1 aromatic heterocycles. The van der Waals surface area contributed by atoms with Gasteiger partial charge in [-0.15, -0.1) is 0 Å². The molecule has 0 atom stereocenters. The van der Waals surface area contributed by atoms with Crippen molar-refractivity contribution in [1.82, 2.24) is 4.57 Å². The van der Waals surface area contributed by atoms with Gasteiger partial charge in [-0.25, -0.2) is 4.39 Å². The molecule has 0 saturated heterocycles. The van der Waals surface area contributed by atoms with Crippen LogP contribution in [-0.4, -0.2) is 10.5 Å². The van der Waals surface area contributed by atoms with Gasteiger partial charge in [0.1, 0.15) is 11.6 Å². The molecule has 0 fully saturated rings. The molecule has 1 N–H and O–H groups in total. The van der Waals surface area contributed by atoms with Crippen LogP contribution in [0.15, 0.2) is 77.6 Å². The van der Waals surface area contributed by atoms with Gasteiger partial charge in [0.15, 0.2) is 5.43 Å². The SMILES string of the molecule is CCn1c(NC(=O)c2ccccc2F)c(-c2ccc(Cl)cc2)c(=O)c2ccccc21. The van der Waals surface area contributed by atoms with E-state index in [1.165, 1.54) is 18.2 Å². The first-order valence-corrected chi connectivity index (χ1v) is 9.86. The van der Waals surface area contributed by atoms with Gasteiger partial charge in [0.25, 0.3) is 5.91 Å². The van der Waals surface area contributed by atoms with Crippen molar-refractivity contribution >= 4 is 34.2 Å². The van der Waals surface area contributed by atoms with Crippen molar-refractivity contribution in [1.29, 1.82) is 0 Å². The Bertz CT molecular complexity index is 1310. The lowest BCUT2D eigenvalue weighted by molar-refractivity contribution is 0.102. The van der Waals surface area contributed by atoms with E-state index in [1.54, 1.807) is 42.5 Å². The molecule has 0 spiro atoms. The van der Waals surface area contributed by atoms with Crippen LogP contribution in [0.25, 0.3) is 22.0 Å². The van der Waals surface area contributed by atoms with Crippen LogP contribution in [0.3, 0.4) is 0 Å². The minimum atomic E-state index is -0.630. The number of amides is 1. The summed E-state index contributed by atoms with van der Waals surface area (Å²) in [7, 11) is 0. The van der Waals surface area contributed by atoms with E-state index in [-0.39, 0.29) is 11.0 Å². The third kappa shape index (κ3) is 3.48. The van der Waals surface area contributed by atoms with Crippen LogP contribution in [-0.2, 0) is 6.54 Å². The maximum atomic E-state index is 14.2. The Morgan fingerprint density at radius 2 is 1.67 bits per heavy atom. The summed E-state index contributed by atoms with van der Waals surface area (Å²) in [5.41, 5.74) is 1.31. The van der Waals surface area contributed by atoms with Crippen LogP contribution in [0.2, 0.25) is 5.02 Å². The van der Waals surface area contributed by atoms with Crippen LogP contribution >= 0.6 is 11.6 Å². The second-order valence-electron chi connectivity index (χ2n) is 6.76. The number of aromatic nitrogens is 1. The number of hydrogen-bond donors (Lipinski definition) is 1. The van der Waals surface area contributed by atoms with Crippen LogP contribution in [0.5, 0.6) is 0 Å². The highest BCUT2D eigenvalue weighted by Crippen LogP contribution is 2.30. The minimum Gasteiger partial charge on any atom is -0.327 e. The number of carbonyl (C=O) groups is 1. The largest absolute Gasteiger partial charge is 0.327 e. The van der Waals surface area contributed by atoms with E-state index >= 15 is 0 Å². The normalized spacial score (nSPS) is 10.9. The first kappa shape index (κ1) is 19.9. The number of para-hydroxylation sites is 1. The Morgan fingerprint density at radius 1 is 1.00 bits per heavy atom. The summed E-state index contributed by atoms with van der Waals surface area (Å²) < 4.78 is 16.0. The molecule has 0 saturated carbocycles. The summed E-state index contributed by atoms with van der Waals surface area (Å²) in [6.45, 7) is 2.41. The molecule has 4 aromatic rings. The van der Waals surface area contributed by atoms with Gasteiger partial charge >= 0.3 is 0 Å². The van der Waals surface area contributed by atoms with Crippen molar-refractivity contribution < 1.29 is 9.18 Å². The average molecular weight is 421 g/mol. The second-order valence-corrected chi connectivity index (χ2v) is 7.19. The quantitative estimate of drug-likeness (QED) is 0.458. The van der Waals surface area contributed by atoms with Gasteiger partial charge in [-0.05, 0) is 48.9 Å². The molecule has 0 aliphatic carbocycles. The number of anilines is 1. The number of halogens is 2. The Morgan fingerprint density at radius 3 is 2.37 bits per heavy atom. The van der Waals surface area contributed by atoms with Gasteiger partial charge in [-0.1, -0.05) is 48.0 Å². The standard InChI is InChI=1S/C24H18ClFN2O2/c1-2-28-20-10-6-4-8-18(20)22(29)21(15-11-13-16(25)14-12-15)23(28)27-24(30)17-7-3-5-9-19(17)26/h3-14H,2H2,1H3,(H,27,30). The summed E-state index contributed by atoms with van der Waals surface area (Å²) in [5, 5.41) is 3.85. The molecular weight excluding hydrogens is 403 g/mol. The van der Waals surface area contributed by atoms with E-state index in [1.807, 2.05) is 23.6 Å². The molecule has 6 heteroatoms. The van der Waals surface area contributed by atoms with E-state index in [2.05, 4.69) is 5.32 Å². The summed E-state index contributed by atoms with van der Waals surface area (Å²) >= 11 is 6.02. The number of nitrogens with one attached hydrogen (secondary N) is 1. The zero-order valence-corrected chi connectivity index (χ0v) is 16.9. The van der Waals surface area contributed by atoms with Gasteiger partial charge in [0.2, 0.25) is 0 Å². The number of rotatable bonds is 4. The molecular formula is C24H18ClFN2O2. The van der Waals surface area contributed by atoms with E-state index in [4.69, 9.17) is 11.6 Å².